The van der Waals surface area contributed by atoms with E-state index in [2.05, 4.69) is 43.2 Å². The summed E-state index contributed by atoms with van der Waals surface area (Å²) < 4.78 is 26.7. The minimum absolute atomic E-state index is 0.222. The fraction of sp³-hybridized carbons (Fsp3) is 0.417. The van der Waals surface area contributed by atoms with E-state index in [0.717, 1.165) is 11.8 Å². The maximum Gasteiger partial charge on any atom is 0.163 e. The van der Waals surface area contributed by atoms with Crippen LogP contribution in [-0.2, 0) is 0 Å². The Bertz CT molecular complexity index is 1180. The topological polar surface area (TPSA) is 59.5 Å². The highest BCUT2D eigenvalue weighted by Gasteiger charge is 2.39. The molecule has 0 amide bonds. The molecule has 6 nitrogen and oxygen atoms in total. The molecular formula is C24H25BrClFN4O2. The summed E-state index contributed by atoms with van der Waals surface area (Å²) in [6.45, 7) is 3.05. The molecule has 2 unspecified atom stereocenters. The SMILES string of the molecule is COc1cc2c(Nc3cc(Cl)c(Br)cc3F)ncnc2cc1OCC1CC2CN(C)C[C@H]2C1. The third kappa shape index (κ3) is 4.61. The van der Waals surface area contributed by atoms with E-state index in [1.807, 2.05) is 12.1 Å². The van der Waals surface area contributed by atoms with Gasteiger partial charge < -0.3 is 19.7 Å². The summed E-state index contributed by atoms with van der Waals surface area (Å²) in [4.78, 5) is 11.1. The summed E-state index contributed by atoms with van der Waals surface area (Å²) in [6.07, 6.45) is 3.86. The molecule has 0 spiro atoms. The van der Waals surface area contributed by atoms with Gasteiger partial charge in [-0.1, -0.05) is 11.6 Å². The number of nitrogens with one attached hydrogen (secondary N) is 1. The van der Waals surface area contributed by atoms with E-state index in [1.54, 1.807) is 7.11 Å². The summed E-state index contributed by atoms with van der Waals surface area (Å²) in [5.74, 6) is 3.38. The van der Waals surface area contributed by atoms with Crippen LogP contribution in [0.2, 0.25) is 5.02 Å². The van der Waals surface area contributed by atoms with Crippen LogP contribution >= 0.6 is 27.5 Å². The van der Waals surface area contributed by atoms with Gasteiger partial charge in [-0.3, -0.25) is 0 Å². The Morgan fingerprint density at radius 3 is 2.64 bits per heavy atom. The average Bonchev–Trinajstić information content (AvgIpc) is 3.32. The minimum Gasteiger partial charge on any atom is -0.493 e. The lowest BCUT2D eigenvalue weighted by Gasteiger charge is -2.17. The van der Waals surface area contributed by atoms with Crippen LogP contribution in [0.25, 0.3) is 10.9 Å². The highest BCUT2D eigenvalue weighted by molar-refractivity contribution is 9.10. The van der Waals surface area contributed by atoms with Crippen molar-refractivity contribution in [2.45, 2.75) is 12.8 Å². The van der Waals surface area contributed by atoms with Gasteiger partial charge in [-0.05, 0) is 71.8 Å². The Hall–Kier alpha value is -2.16. The molecule has 1 aromatic heterocycles. The van der Waals surface area contributed by atoms with Crippen molar-refractivity contribution in [2.75, 3.05) is 39.2 Å². The van der Waals surface area contributed by atoms with Gasteiger partial charge in [0.05, 0.1) is 29.9 Å². The number of aromatic nitrogens is 2. The van der Waals surface area contributed by atoms with E-state index in [0.29, 0.717) is 50.2 Å². The third-order valence-electron chi connectivity index (χ3n) is 6.69. The molecule has 33 heavy (non-hydrogen) atoms. The van der Waals surface area contributed by atoms with Crippen LogP contribution in [0, 0.1) is 23.6 Å². The lowest BCUT2D eigenvalue weighted by molar-refractivity contribution is 0.227. The quantitative estimate of drug-likeness (QED) is 0.397. The van der Waals surface area contributed by atoms with Crippen LogP contribution < -0.4 is 14.8 Å². The van der Waals surface area contributed by atoms with E-state index in [-0.39, 0.29) is 5.69 Å². The Balaban J connectivity index is 1.37. The van der Waals surface area contributed by atoms with Gasteiger partial charge in [-0.2, -0.15) is 0 Å². The first-order chi connectivity index (χ1) is 15.9. The summed E-state index contributed by atoms with van der Waals surface area (Å²) in [7, 11) is 3.81. The normalized spacial score (nSPS) is 22.5. The van der Waals surface area contributed by atoms with Crippen LogP contribution in [0.4, 0.5) is 15.9 Å². The zero-order chi connectivity index (χ0) is 23.1. The lowest BCUT2D eigenvalue weighted by atomic mass is 10.0. The number of anilines is 2. The fourth-order valence-electron chi connectivity index (χ4n) is 5.19. The number of fused-ring (bicyclic) bond motifs is 2. The molecule has 174 valence electrons. The van der Waals surface area contributed by atoms with Gasteiger partial charge in [-0.25, -0.2) is 14.4 Å². The Labute approximate surface area is 205 Å². The standard InChI is InChI=1S/C24H25BrClFN4O2/c1-31-9-14-3-13(4-15(14)10-31)11-33-23-8-20-16(5-22(23)32-2)24(29-12-28-20)30-21-7-18(26)17(25)6-19(21)27/h5-8,12-15H,3-4,9-11H2,1-2H3,(H,28,29,30)/t13?,14-,15?/m1/s1. The van der Waals surface area contributed by atoms with Crippen LogP contribution in [0.3, 0.4) is 0 Å². The van der Waals surface area contributed by atoms with Crippen molar-refractivity contribution in [3.8, 4) is 11.5 Å². The van der Waals surface area contributed by atoms with Crippen molar-refractivity contribution in [1.29, 1.82) is 0 Å². The zero-order valence-electron chi connectivity index (χ0n) is 18.4. The maximum absolute atomic E-state index is 14.4. The Kier molecular flexibility index (Phi) is 6.33. The molecule has 9 heteroatoms. The molecule has 3 atom stereocenters. The van der Waals surface area contributed by atoms with Crippen molar-refractivity contribution in [3.05, 3.63) is 45.9 Å². The molecule has 1 saturated heterocycles. The first kappa shape index (κ1) is 22.6. The van der Waals surface area contributed by atoms with Crippen LogP contribution in [0.15, 0.2) is 35.1 Å². The van der Waals surface area contributed by atoms with Crippen molar-refractivity contribution < 1.29 is 13.9 Å². The third-order valence-corrected chi connectivity index (χ3v) is 7.89. The van der Waals surface area contributed by atoms with Crippen molar-refractivity contribution in [3.63, 3.8) is 0 Å². The molecule has 0 bridgehead atoms. The van der Waals surface area contributed by atoms with E-state index >= 15 is 0 Å². The van der Waals surface area contributed by atoms with E-state index < -0.39 is 5.82 Å². The lowest BCUT2D eigenvalue weighted by Crippen LogP contribution is -2.18. The monoisotopic (exact) mass is 534 g/mol. The molecule has 1 saturated carbocycles. The molecule has 1 aliphatic carbocycles. The van der Waals surface area contributed by atoms with E-state index in [9.17, 15) is 4.39 Å². The molecule has 0 radical (unpaired) electrons. The highest BCUT2D eigenvalue weighted by atomic mass is 79.9. The van der Waals surface area contributed by atoms with Gasteiger partial charge in [0, 0.05) is 29.0 Å². The average molecular weight is 536 g/mol. The molecule has 2 heterocycles. The molecular weight excluding hydrogens is 511 g/mol. The molecule has 2 aromatic carbocycles. The zero-order valence-corrected chi connectivity index (χ0v) is 20.8. The predicted molar refractivity (Wildman–Crippen MR) is 131 cm³/mol. The molecule has 1 aliphatic heterocycles. The Morgan fingerprint density at radius 1 is 1.15 bits per heavy atom. The van der Waals surface area contributed by atoms with E-state index in [4.69, 9.17) is 21.1 Å². The van der Waals surface area contributed by atoms with Crippen molar-refractivity contribution in [1.82, 2.24) is 14.9 Å². The second kappa shape index (κ2) is 9.24. The summed E-state index contributed by atoms with van der Waals surface area (Å²) in [6, 6.07) is 6.51. The molecule has 3 aromatic rings. The number of rotatable bonds is 6. The number of hydrogen-bond donors (Lipinski definition) is 1. The summed E-state index contributed by atoms with van der Waals surface area (Å²) >= 11 is 9.37. The van der Waals surface area contributed by atoms with Gasteiger partial charge in [0.1, 0.15) is 18.0 Å². The number of likely N-dealkylation sites (tertiary alicyclic amines) is 1. The van der Waals surface area contributed by atoms with Gasteiger partial charge >= 0.3 is 0 Å². The second-order valence-electron chi connectivity index (χ2n) is 9.00. The number of benzene rings is 2. The summed E-state index contributed by atoms with van der Waals surface area (Å²) in [5.41, 5.74) is 0.900. The van der Waals surface area contributed by atoms with Crippen LogP contribution in [0.5, 0.6) is 11.5 Å². The van der Waals surface area contributed by atoms with Crippen LogP contribution in [-0.4, -0.2) is 48.7 Å². The van der Waals surface area contributed by atoms with Gasteiger partial charge in [-0.15, -0.1) is 0 Å². The van der Waals surface area contributed by atoms with Crippen molar-refractivity contribution >= 4 is 49.9 Å². The first-order valence-corrected chi connectivity index (χ1v) is 12.1. The van der Waals surface area contributed by atoms with Gasteiger partial charge in [0.15, 0.2) is 11.5 Å². The maximum atomic E-state index is 14.4. The van der Waals surface area contributed by atoms with Crippen LogP contribution in [0.1, 0.15) is 12.8 Å². The van der Waals surface area contributed by atoms with Gasteiger partial charge in [0.2, 0.25) is 0 Å². The minimum atomic E-state index is -0.447. The number of ether oxygens (including phenoxy) is 2. The fourth-order valence-corrected chi connectivity index (χ4v) is 5.66. The molecule has 5 rings (SSSR count). The molecule has 1 N–H and O–H groups in total. The number of hydrogen-bond acceptors (Lipinski definition) is 6. The Morgan fingerprint density at radius 2 is 1.91 bits per heavy atom. The number of halogens is 3. The smallest absolute Gasteiger partial charge is 0.163 e. The number of nitrogens with zero attached hydrogens (tertiary/aromatic N) is 3. The summed E-state index contributed by atoms with van der Waals surface area (Å²) in [5, 5.41) is 4.11. The predicted octanol–water partition coefficient (Wildman–Crippen LogP) is 5.90. The highest BCUT2D eigenvalue weighted by Crippen LogP contribution is 2.42. The number of methoxy groups -OCH3 is 1. The molecule has 2 aliphatic rings. The van der Waals surface area contributed by atoms with Crippen molar-refractivity contribution in [2.24, 2.45) is 17.8 Å². The first-order valence-electron chi connectivity index (χ1n) is 11.0. The molecule has 2 fully saturated rings. The second-order valence-corrected chi connectivity index (χ2v) is 10.3. The van der Waals surface area contributed by atoms with Gasteiger partial charge in [0.25, 0.3) is 0 Å². The largest absolute Gasteiger partial charge is 0.493 e. The van der Waals surface area contributed by atoms with E-state index in [1.165, 1.54) is 44.4 Å².